The highest BCUT2D eigenvalue weighted by molar-refractivity contribution is 6.30. The molecular weight excluding hydrogens is 284 g/mol. The molecule has 0 spiro atoms. The molecular formula is C16H27ClN4. The zero-order valence-electron chi connectivity index (χ0n) is 14.0. The summed E-state index contributed by atoms with van der Waals surface area (Å²) in [6.45, 7) is 9.18. The standard InChI is InChI=1S/C16H27ClN4/c1-11-12(17)19-14(15(2,3)4)20-13(11)18-10-16(21(5)6)8-7-9-16/h7-10H2,1-6H3,(H,18,19,20). The summed E-state index contributed by atoms with van der Waals surface area (Å²) in [5.74, 6) is 1.65. The van der Waals surface area contributed by atoms with E-state index in [9.17, 15) is 0 Å². The second-order valence-electron chi connectivity index (χ2n) is 7.39. The smallest absolute Gasteiger partial charge is 0.137 e. The number of aromatic nitrogens is 2. The topological polar surface area (TPSA) is 41.1 Å². The van der Waals surface area contributed by atoms with E-state index in [0.717, 1.165) is 23.8 Å². The van der Waals surface area contributed by atoms with Gasteiger partial charge in [-0.1, -0.05) is 32.4 Å². The van der Waals surface area contributed by atoms with Gasteiger partial charge >= 0.3 is 0 Å². The Labute approximate surface area is 133 Å². The van der Waals surface area contributed by atoms with Gasteiger partial charge in [-0.25, -0.2) is 9.97 Å². The summed E-state index contributed by atoms with van der Waals surface area (Å²) in [6, 6.07) is 0. The third-order valence-electron chi connectivity index (χ3n) is 4.58. The number of hydrogen-bond acceptors (Lipinski definition) is 4. The Bertz CT molecular complexity index is 516. The molecule has 0 aliphatic heterocycles. The number of hydrogen-bond donors (Lipinski definition) is 1. The fraction of sp³-hybridized carbons (Fsp3) is 0.750. The van der Waals surface area contributed by atoms with E-state index in [0.29, 0.717) is 5.15 Å². The van der Waals surface area contributed by atoms with Crippen molar-refractivity contribution < 1.29 is 0 Å². The lowest BCUT2D eigenvalue weighted by molar-refractivity contribution is 0.0738. The average Bonchev–Trinajstić information content (AvgIpc) is 2.30. The molecule has 4 nitrogen and oxygen atoms in total. The molecule has 1 aromatic rings. The molecule has 0 atom stereocenters. The molecule has 1 heterocycles. The molecule has 0 bridgehead atoms. The first-order valence-corrected chi connectivity index (χ1v) is 7.99. The van der Waals surface area contributed by atoms with Crippen LogP contribution in [0.3, 0.4) is 0 Å². The van der Waals surface area contributed by atoms with E-state index in [2.05, 4.69) is 50.1 Å². The van der Waals surface area contributed by atoms with Crippen LogP contribution in [0.25, 0.3) is 0 Å². The molecule has 1 fully saturated rings. The number of likely N-dealkylation sites (N-methyl/N-ethyl adjacent to an activating group) is 1. The van der Waals surface area contributed by atoms with Gasteiger partial charge in [-0.2, -0.15) is 0 Å². The summed E-state index contributed by atoms with van der Waals surface area (Å²) in [5, 5.41) is 4.06. The predicted molar refractivity (Wildman–Crippen MR) is 89.2 cm³/mol. The van der Waals surface area contributed by atoms with Gasteiger partial charge in [0.15, 0.2) is 0 Å². The summed E-state index contributed by atoms with van der Waals surface area (Å²) < 4.78 is 0. The summed E-state index contributed by atoms with van der Waals surface area (Å²) >= 11 is 6.28. The van der Waals surface area contributed by atoms with E-state index >= 15 is 0 Å². The molecule has 21 heavy (non-hydrogen) atoms. The van der Waals surface area contributed by atoms with Gasteiger partial charge in [0, 0.05) is 23.1 Å². The SMILES string of the molecule is Cc1c(Cl)nc(C(C)(C)C)nc1NCC1(N(C)C)CCC1. The highest BCUT2D eigenvalue weighted by Crippen LogP contribution is 2.36. The summed E-state index contributed by atoms with van der Waals surface area (Å²) in [6.07, 6.45) is 3.77. The van der Waals surface area contributed by atoms with Crippen molar-refractivity contribution in [1.29, 1.82) is 0 Å². The third kappa shape index (κ3) is 3.32. The minimum atomic E-state index is -0.108. The molecule has 1 saturated carbocycles. The van der Waals surface area contributed by atoms with E-state index in [1.807, 2.05) is 6.92 Å². The van der Waals surface area contributed by atoms with Crippen molar-refractivity contribution in [3.8, 4) is 0 Å². The van der Waals surface area contributed by atoms with Crippen LogP contribution in [0.1, 0.15) is 51.4 Å². The Hall–Kier alpha value is -0.870. The van der Waals surface area contributed by atoms with Crippen LogP contribution in [-0.4, -0.2) is 41.0 Å². The van der Waals surface area contributed by atoms with Gasteiger partial charge in [0.25, 0.3) is 0 Å². The Kier molecular flexibility index (Phi) is 4.50. The number of halogens is 1. The summed E-state index contributed by atoms with van der Waals surface area (Å²) in [7, 11) is 4.31. The first-order valence-electron chi connectivity index (χ1n) is 7.62. The maximum absolute atomic E-state index is 6.28. The monoisotopic (exact) mass is 310 g/mol. The maximum Gasteiger partial charge on any atom is 0.137 e. The van der Waals surface area contributed by atoms with Crippen molar-refractivity contribution in [1.82, 2.24) is 14.9 Å². The van der Waals surface area contributed by atoms with Crippen molar-refractivity contribution in [2.75, 3.05) is 26.0 Å². The van der Waals surface area contributed by atoms with Gasteiger partial charge in [0.2, 0.25) is 0 Å². The lowest BCUT2D eigenvalue weighted by Crippen LogP contribution is -2.54. The Morgan fingerprint density at radius 2 is 1.86 bits per heavy atom. The molecule has 1 aromatic heterocycles. The van der Waals surface area contributed by atoms with E-state index in [-0.39, 0.29) is 11.0 Å². The normalized spacial score (nSPS) is 17.7. The maximum atomic E-state index is 6.28. The molecule has 118 valence electrons. The number of nitrogens with one attached hydrogen (secondary N) is 1. The molecule has 0 amide bonds. The van der Waals surface area contributed by atoms with Crippen LogP contribution in [0.15, 0.2) is 0 Å². The fourth-order valence-corrected chi connectivity index (χ4v) is 2.78. The first kappa shape index (κ1) is 16.5. The number of nitrogens with zero attached hydrogens (tertiary/aromatic N) is 3. The zero-order chi connectivity index (χ0) is 15.8. The molecule has 0 radical (unpaired) electrons. The summed E-state index contributed by atoms with van der Waals surface area (Å²) in [4.78, 5) is 11.4. The fourth-order valence-electron chi connectivity index (χ4n) is 2.61. The predicted octanol–water partition coefficient (Wildman–Crippen LogP) is 3.63. The number of rotatable bonds is 4. The van der Waals surface area contributed by atoms with Crippen LogP contribution in [0, 0.1) is 6.92 Å². The Morgan fingerprint density at radius 3 is 2.29 bits per heavy atom. The molecule has 1 N–H and O–H groups in total. The first-order chi connectivity index (χ1) is 9.66. The van der Waals surface area contributed by atoms with E-state index in [4.69, 9.17) is 16.6 Å². The van der Waals surface area contributed by atoms with Crippen LogP contribution in [0.2, 0.25) is 5.15 Å². The van der Waals surface area contributed by atoms with Crippen LogP contribution in [0.5, 0.6) is 0 Å². The van der Waals surface area contributed by atoms with E-state index in [1.54, 1.807) is 0 Å². The highest BCUT2D eigenvalue weighted by atomic mass is 35.5. The molecule has 2 rings (SSSR count). The van der Waals surface area contributed by atoms with Crippen LogP contribution in [-0.2, 0) is 5.41 Å². The van der Waals surface area contributed by atoms with Gasteiger partial charge in [-0.05, 0) is 40.3 Å². The van der Waals surface area contributed by atoms with Crippen LogP contribution >= 0.6 is 11.6 Å². The number of anilines is 1. The molecule has 0 saturated heterocycles. The van der Waals surface area contributed by atoms with E-state index in [1.165, 1.54) is 19.3 Å². The van der Waals surface area contributed by atoms with Gasteiger partial charge < -0.3 is 10.2 Å². The molecule has 0 unspecified atom stereocenters. The van der Waals surface area contributed by atoms with Crippen molar-refractivity contribution in [3.63, 3.8) is 0 Å². The second-order valence-corrected chi connectivity index (χ2v) is 7.75. The molecule has 0 aromatic carbocycles. The molecule has 1 aliphatic rings. The largest absolute Gasteiger partial charge is 0.368 e. The van der Waals surface area contributed by atoms with Crippen molar-refractivity contribution in [2.45, 2.75) is 57.9 Å². The minimum absolute atomic E-state index is 0.108. The quantitative estimate of drug-likeness (QED) is 0.862. The highest BCUT2D eigenvalue weighted by Gasteiger charge is 2.39. The van der Waals surface area contributed by atoms with Gasteiger partial charge in [-0.3, -0.25) is 0 Å². The average molecular weight is 311 g/mol. The van der Waals surface area contributed by atoms with Gasteiger partial charge in [-0.15, -0.1) is 0 Å². The lowest BCUT2D eigenvalue weighted by atomic mass is 9.75. The minimum Gasteiger partial charge on any atom is -0.368 e. The Balaban J connectivity index is 2.22. The Morgan fingerprint density at radius 1 is 1.24 bits per heavy atom. The lowest BCUT2D eigenvalue weighted by Gasteiger charge is -2.47. The molecule has 5 heteroatoms. The van der Waals surface area contributed by atoms with Crippen molar-refractivity contribution >= 4 is 17.4 Å². The van der Waals surface area contributed by atoms with Crippen molar-refractivity contribution in [3.05, 3.63) is 16.5 Å². The second kappa shape index (κ2) is 5.73. The zero-order valence-corrected chi connectivity index (χ0v) is 14.8. The van der Waals surface area contributed by atoms with Crippen LogP contribution < -0.4 is 5.32 Å². The van der Waals surface area contributed by atoms with Gasteiger partial charge in [0.1, 0.15) is 16.8 Å². The van der Waals surface area contributed by atoms with E-state index < -0.39 is 0 Å². The van der Waals surface area contributed by atoms with Gasteiger partial charge in [0.05, 0.1) is 0 Å². The molecule has 1 aliphatic carbocycles. The van der Waals surface area contributed by atoms with Crippen molar-refractivity contribution in [2.24, 2.45) is 0 Å². The van der Waals surface area contributed by atoms with Crippen LogP contribution in [0.4, 0.5) is 5.82 Å². The third-order valence-corrected chi connectivity index (χ3v) is 4.94. The summed E-state index contributed by atoms with van der Waals surface area (Å²) in [5.41, 5.74) is 1.08.